The van der Waals surface area contributed by atoms with Gasteiger partial charge in [-0.2, -0.15) is 0 Å². The Labute approximate surface area is 92.8 Å². The Kier molecular flexibility index (Phi) is 5.53. The number of β-amino-alcohol motifs (C(OH)–C–C–N with tert-alkyl or cyclic N) is 1. The number of aliphatic hydroxyl groups excluding tert-OH is 1. The van der Waals surface area contributed by atoms with Crippen LogP contribution in [0, 0.1) is 0 Å². The topological polar surface area (TPSA) is 35.9 Å². The largest absolute Gasteiger partial charge is 0.392 e. The molecular formula is C11H24N2O2. The molecule has 1 aliphatic rings. The molecule has 0 spiro atoms. The Hall–Kier alpha value is -0.160. The minimum atomic E-state index is -0.141. The average molecular weight is 216 g/mol. The highest BCUT2D eigenvalue weighted by Gasteiger charge is 2.30. The lowest BCUT2D eigenvalue weighted by atomic mass is 10.2. The summed E-state index contributed by atoms with van der Waals surface area (Å²) in [6.45, 7) is 3.69. The number of likely N-dealkylation sites (tertiary alicyclic amines) is 1. The van der Waals surface area contributed by atoms with Crippen LogP contribution < -0.4 is 0 Å². The highest BCUT2D eigenvalue weighted by atomic mass is 16.5. The first-order valence-corrected chi connectivity index (χ1v) is 5.69. The van der Waals surface area contributed by atoms with E-state index in [4.69, 9.17) is 4.74 Å². The van der Waals surface area contributed by atoms with E-state index in [2.05, 4.69) is 23.9 Å². The molecule has 0 bridgehead atoms. The molecule has 0 saturated carbocycles. The molecule has 4 nitrogen and oxygen atoms in total. The lowest BCUT2D eigenvalue weighted by Gasteiger charge is -2.26. The Morgan fingerprint density at radius 2 is 2.20 bits per heavy atom. The standard InChI is InChI=1S/C11H24N2O2/c1-12(2)8-10-7-11(14)9-13(10)5-4-6-15-3/h10-11,14H,4-9H2,1-3H3. The molecule has 2 unspecified atom stereocenters. The number of aliphatic hydroxyl groups is 1. The number of methoxy groups -OCH3 is 1. The van der Waals surface area contributed by atoms with Crippen molar-refractivity contribution < 1.29 is 9.84 Å². The molecule has 0 radical (unpaired) electrons. The van der Waals surface area contributed by atoms with Gasteiger partial charge >= 0.3 is 0 Å². The van der Waals surface area contributed by atoms with E-state index in [1.165, 1.54) is 0 Å². The molecule has 1 fully saturated rings. The van der Waals surface area contributed by atoms with Crippen LogP contribution in [0.15, 0.2) is 0 Å². The minimum absolute atomic E-state index is 0.141. The van der Waals surface area contributed by atoms with Crippen molar-refractivity contribution in [2.75, 3.05) is 47.4 Å². The molecule has 15 heavy (non-hydrogen) atoms. The fraction of sp³-hybridized carbons (Fsp3) is 1.00. The molecular weight excluding hydrogens is 192 g/mol. The molecule has 2 atom stereocenters. The Morgan fingerprint density at radius 1 is 1.47 bits per heavy atom. The van der Waals surface area contributed by atoms with E-state index in [-0.39, 0.29) is 6.10 Å². The molecule has 1 heterocycles. The number of hydrogen-bond acceptors (Lipinski definition) is 4. The molecule has 0 aromatic rings. The summed E-state index contributed by atoms with van der Waals surface area (Å²) in [6.07, 6.45) is 1.82. The first-order valence-electron chi connectivity index (χ1n) is 5.69. The van der Waals surface area contributed by atoms with Crippen molar-refractivity contribution in [1.29, 1.82) is 0 Å². The molecule has 1 N–H and O–H groups in total. The van der Waals surface area contributed by atoms with E-state index in [0.717, 1.165) is 39.1 Å². The molecule has 90 valence electrons. The van der Waals surface area contributed by atoms with Crippen LogP contribution in [0.4, 0.5) is 0 Å². The third-order valence-corrected chi connectivity index (χ3v) is 2.88. The van der Waals surface area contributed by atoms with Crippen molar-refractivity contribution >= 4 is 0 Å². The van der Waals surface area contributed by atoms with Crippen LogP contribution in [0.5, 0.6) is 0 Å². The molecule has 1 rings (SSSR count). The summed E-state index contributed by atoms with van der Waals surface area (Å²) >= 11 is 0. The fourth-order valence-electron chi connectivity index (χ4n) is 2.25. The van der Waals surface area contributed by atoms with Gasteiger partial charge in [-0.15, -0.1) is 0 Å². The van der Waals surface area contributed by atoms with Gasteiger partial charge in [0, 0.05) is 39.4 Å². The maximum Gasteiger partial charge on any atom is 0.0682 e. The number of hydrogen-bond donors (Lipinski definition) is 1. The summed E-state index contributed by atoms with van der Waals surface area (Å²) < 4.78 is 5.05. The van der Waals surface area contributed by atoms with Gasteiger partial charge in [0.1, 0.15) is 0 Å². The summed E-state index contributed by atoms with van der Waals surface area (Å²) in [4.78, 5) is 4.57. The quantitative estimate of drug-likeness (QED) is 0.635. The molecule has 0 aromatic carbocycles. The number of nitrogens with zero attached hydrogens (tertiary/aromatic N) is 2. The van der Waals surface area contributed by atoms with E-state index in [9.17, 15) is 5.11 Å². The van der Waals surface area contributed by atoms with Crippen LogP contribution in [-0.4, -0.2) is 74.5 Å². The van der Waals surface area contributed by atoms with Gasteiger partial charge in [-0.25, -0.2) is 0 Å². The Balaban J connectivity index is 2.31. The third kappa shape index (κ3) is 4.47. The SMILES string of the molecule is COCCCN1CC(O)CC1CN(C)C. The number of ether oxygens (including phenoxy) is 1. The summed E-state index contributed by atoms with van der Waals surface area (Å²) in [5.41, 5.74) is 0. The van der Waals surface area contributed by atoms with Gasteiger partial charge in [0.2, 0.25) is 0 Å². The maximum absolute atomic E-state index is 9.65. The van der Waals surface area contributed by atoms with Gasteiger partial charge in [-0.05, 0) is 26.9 Å². The summed E-state index contributed by atoms with van der Waals surface area (Å²) in [6, 6.07) is 0.506. The van der Waals surface area contributed by atoms with E-state index in [1.54, 1.807) is 7.11 Å². The molecule has 1 aliphatic heterocycles. The zero-order valence-corrected chi connectivity index (χ0v) is 10.1. The second kappa shape index (κ2) is 6.43. The average Bonchev–Trinajstić information content (AvgIpc) is 2.46. The van der Waals surface area contributed by atoms with E-state index < -0.39 is 0 Å². The van der Waals surface area contributed by atoms with Crippen molar-refractivity contribution in [1.82, 2.24) is 9.80 Å². The van der Waals surface area contributed by atoms with Crippen molar-refractivity contribution in [2.45, 2.75) is 25.0 Å². The minimum Gasteiger partial charge on any atom is -0.392 e. The van der Waals surface area contributed by atoms with Crippen molar-refractivity contribution in [2.24, 2.45) is 0 Å². The van der Waals surface area contributed by atoms with Gasteiger partial charge in [0.05, 0.1) is 6.10 Å². The van der Waals surface area contributed by atoms with Gasteiger partial charge in [0.25, 0.3) is 0 Å². The van der Waals surface area contributed by atoms with E-state index in [1.807, 2.05) is 0 Å². The Bertz CT molecular complexity index is 176. The second-order valence-electron chi connectivity index (χ2n) is 4.65. The third-order valence-electron chi connectivity index (χ3n) is 2.88. The number of rotatable bonds is 6. The van der Waals surface area contributed by atoms with E-state index in [0.29, 0.717) is 6.04 Å². The molecule has 0 aromatic heterocycles. The van der Waals surface area contributed by atoms with Crippen LogP contribution in [0.3, 0.4) is 0 Å². The predicted octanol–water partition coefficient (Wildman–Crippen LogP) is 0.0197. The van der Waals surface area contributed by atoms with Crippen molar-refractivity contribution in [3.63, 3.8) is 0 Å². The Morgan fingerprint density at radius 3 is 2.80 bits per heavy atom. The van der Waals surface area contributed by atoms with Gasteiger partial charge in [0.15, 0.2) is 0 Å². The lowest BCUT2D eigenvalue weighted by molar-refractivity contribution is 0.148. The summed E-state index contributed by atoms with van der Waals surface area (Å²) in [5.74, 6) is 0. The van der Waals surface area contributed by atoms with Crippen LogP contribution in [0.25, 0.3) is 0 Å². The molecule has 4 heteroatoms. The monoisotopic (exact) mass is 216 g/mol. The predicted molar refractivity (Wildman–Crippen MR) is 61.0 cm³/mol. The van der Waals surface area contributed by atoms with Crippen LogP contribution in [0.1, 0.15) is 12.8 Å². The van der Waals surface area contributed by atoms with Gasteiger partial charge in [-0.3, -0.25) is 4.90 Å². The highest BCUT2D eigenvalue weighted by molar-refractivity contribution is 4.86. The first-order chi connectivity index (χ1) is 7.13. The van der Waals surface area contributed by atoms with Crippen LogP contribution in [0.2, 0.25) is 0 Å². The summed E-state index contributed by atoms with van der Waals surface area (Å²) in [7, 11) is 5.90. The normalized spacial score (nSPS) is 27.8. The van der Waals surface area contributed by atoms with Gasteiger partial charge < -0.3 is 14.7 Å². The molecule has 1 saturated heterocycles. The summed E-state index contributed by atoms with van der Waals surface area (Å²) in [5, 5.41) is 9.65. The van der Waals surface area contributed by atoms with Crippen molar-refractivity contribution in [3.8, 4) is 0 Å². The number of likely N-dealkylation sites (N-methyl/N-ethyl adjacent to an activating group) is 1. The van der Waals surface area contributed by atoms with Crippen LogP contribution >= 0.6 is 0 Å². The molecule has 0 amide bonds. The van der Waals surface area contributed by atoms with Gasteiger partial charge in [-0.1, -0.05) is 0 Å². The van der Waals surface area contributed by atoms with Crippen molar-refractivity contribution in [3.05, 3.63) is 0 Å². The lowest BCUT2D eigenvalue weighted by Crippen LogP contribution is -2.38. The maximum atomic E-state index is 9.65. The highest BCUT2D eigenvalue weighted by Crippen LogP contribution is 2.18. The van der Waals surface area contributed by atoms with E-state index >= 15 is 0 Å². The van der Waals surface area contributed by atoms with Crippen LogP contribution in [-0.2, 0) is 4.74 Å². The smallest absolute Gasteiger partial charge is 0.0682 e. The fourth-order valence-corrected chi connectivity index (χ4v) is 2.25. The zero-order valence-electron chi connectivity index (χ0n) is 10.1. The molecule has 0 aliphatic carbocycles. The zero-order chi connectivity index (χ0) is 11.3. The second-order valence-corrected chi connectivity index (χ2v) is 4.65. The first kappa shape index (κ1) is 12.9.